The summed E-state index contributed by atoms with van der Waals surface area (Å²) in [6.07, 6.45) is -1.31. The number of hydrogen-bond acceptors (Lipinski definition) is 8. The highest BCUT2D eigenvalue weighted by atomic mass is 16.4. The van der Waals surface area contributed by atoms with Crippen molar-refractivity contribution < 1.29 is 30.0 Å². The zero-order valence-corrected chi connectivity index (χ0v) is 13.2. The van der Waals surface area contributed by atoms with Gasteiger partial charge in [-0.25, -0.2) is 0 Å². The molecule has 134 valence electrons. The Kier molecular flexibility index (Phi) is 8.59. The van der Waals surface area contributed by atoms with Gasteiger partial charge in [-0.1, -0.05) is 6.92 Å². The van der Waals surface area contributed by atoms with E-state index in [0.29, 0.717) is 19.4 Å². The molecule has 0 aromatic heterocycles. The first-order valence-electron chi connectivity index (χ1n) is 7.74. The van der Waals surface area contributed by atoms with Gasteiger partial charge in [-0.3, -0.25) is 10.1 Å². The third kappa shape index (κ3) is 5.48. The molecule has 0 bridgehead atoms. The summed E-state index contributed by atoms with van der Waals surface area (Å²) in [6, 6.07) is -1.29. The second kappa shape index (κ2) is 9.91. The maximum Gasteiger partial charge on any atom is 0.317 e. The highest BCUT2D eigenvalue weighted by Gasteiger charge is 2.47. The Hall–Kier alpha value is -1.10. The number of aldehydes is 1. The van der Waals surface area contributed by atoms with E-state index in [1.54, 1.807) is 0 Å². The van der Waals surface area contributed by atoms with E-state index in [4.69, 9.17) is 10.2 Å². The van der Waals surface area contributed by atoms with E-state index in [1.807, 2.05) is 6.92 Å². The molecule has 9 nitrogen and oxygen atoms in total. The lowest BCUT2D eigenvalue weighted by Crippen LogP contribution is -2.68. The predicted octanol–water partition coefficient (Wildman–Crippen LogP) is -3.24. The molecule has 6 unspecified atom stereocenters. The second-order valence-electron chi connectivity index (χ2n) is 5.83. The van der Waals surface area contributed by atoms with Crippen molar-refractivity contribution in [3.8, 4) is 0 Å². The van der Waals surface area contributed by atoms with E-state index < -0.39 is 30.3 Å². The van der Waals surface area contributed by atoms with Crippen LogP contribution in [-0.4, -0.2) is 89.8 Å². The Morgan fingerprint density at radius 3 is 2.43 bits per heavy atom. The van der Waals surface area contributed by atoms with Gasteiger partial charge in [-0.15, -0.1) is 0 Å². The fourth-order valence-corrected chi connectivity index (χ4v) is 3.17. The van der Waals surface area contributed by atoms with E-state index in [-0.39, 0.29) is 31.5 Å². The van der Waals surface area contributed by atoms with Crippen LogP contribution >= 0.6 is 0 Å². The standard InChI is InChI=1S/C14H27N3O6/c1-8-9(6-15-2-4-18)13(22)12(17-7-10(20)21)14(23)11(8)16-3-5-19/h5,8-9,11-18,22-23H,2-4,6-7H2,1H3,(H,20,21). The largest absolute Gasteiger partial charge is 0.480 e. The Labute approximate surface area is 135 Å². The third-order valence-electron chi connectivity index (χ3n) is 4.38. The van der Waals surface area contributed by atoms with Crippen LogP contribution in [0.15, 0.2) is 0 Å². The van der Waals surface area contributed by atoms with Crippen LogP contribution in [0.4, 0.5) is 0 Å². The lowest BCUT2D eigenvalue weighted by molar-refractivity contribution is -0.137. The van der Waals surface area contributed by atoms with Gasteiger partial charge < -0.3 is 35.9 Å². The van der Waals surface area contributed by atoms with Gasteiger partial charge in [-0.05, 0) is 5.92 Å². The Bertz CT molecular complexity index is 384. The van der Waals surface area contributed by atoms with E-state index >= 15 is 0 Å². The van der Waals surface area contributed by atoms with Crippen molar-refractivity contribution in [1.29, 1.82) is 0 Å². The Morgan fingerprint density at radius 1 is 1.17 bits per heavy atom. The van der Waals surface area contributed by atoms with Crippen molar-refractivity contribution in [2.45, 2.75) is 31.2 Å². The molecule has 1 aliphatic rings. The van der Waals surface area contributed by atoms with E-state index in [0.717, 1.165) is 0 Å². The number of carboxylic acid groups (broad SMARTS) is 1. The minimum Gasteiger partial charge on any atom is -0.480 e. The Morgan fingerprint density at radius 2 is 1.87 bits per heavy atom. The van der Waals surface area contributed by atoms with Gasteiger partial charge >= 0.3 is 5.97 Å². The average molecular weight is 333 g/mol. The molecule has 1 aliphatic carbocycles. The van der Waals surface area contributed by atoms with Crippen molar-refractivity contribution in [3.05, 3.63) is 0 Å². The van der Waals surface area contributed by atoms with Gasteiger partial charge in [0.25, 0.3) is 0 Å². The topological polar surface area (TPSA) is 151 Å². The van der Waals surface area contributed by atoms with Crippen LogP contribution in [0.25, 0.3) is 0 Å². The number of carboxylic acids is 1. The summed E-state index contributed by atoms with van der Waals surface area (Å²) >= 11 is 0. The number of rotatable bonds is 10. The van der Waals surface area contributed by atoms with Crippen LogP contribution < -0.4 is 16.0 Å². The van der Waals surface area contributed by atoms with Crippen LogP contribution in [0.1, 0.15) is 6.92 Å². The molecule has 23 heavy (non-hydrogen) atoms. The molecule has 0 radical (unpaired) electrons. The predicted molar refractivity (Wildman–Crippen MR) is 81.9 cm³/mol. The van der Waals surface area contributed by atoms with Crippen LogP contribution in [0, 0.1) is 11.8 Å². The number of carbonyl (C=O) groups excluding carboxylic acids is 1. The normalized spacial score (nSPS) is 34.3. The van der Waals surface area contributed by atoms with Gasteiger partial charge in [0.1, 0.15) is 6.29 Å². The number of aliphatic carboxylic acids is 1. The van der Waals surface area contributed by atoms with E-state index in [2.05, 4.69) is 16.0 Å². The van der Waals surface area contributed by atoms with Crippen molar-refractivity contribution >= 4 is 12.3 Å². The summed E-state index contributed by atoms with van der Waals surface area (Å²) < 4.78 is 0. The zero-order valence-electron chi connectivity index (χ0n) is 13.2. The molecule has 0 aromatic carbocycles. The molecule has 1 saturated carbocycles. The number of hydrogen-bond donors (Lipinski definition) is 7. The minimum absolute atomic E-state index is 0.0344. The molecule has 0 spiro atoms. The molecular formula is C14H27N3O6. The van der Waals surface area contributed by atoms with E-state index in [1.165, 1.54) is 0 Å². The summed E-state index contributed by atoms with van der Waals surface area (Å²) in [7, 11) is 0. The summed E-state index contributed by atoms with van der Waals surface area (Å²) in [5.74, 6) is -1.52. The Balaban J connectivity index is 2.85. The lowest BCUT2D eigenvalue weighted by Gasteiger charge is -2.47. The van der Waals surface area contributed by atoms with E-state index in [9.17, 15) is 19.8 Å². The maximum absolute atomic E-state index is 10.7. The van der Waals surface area contributed by atoms with Crippen LogP contribution in [0.5, 0.6) is 0 Å². The third-order valence-corrected chi connectivity index (χ3v) is 4.38. The number of aliphatic hydroxyl groups excluding tert-OH is 3. The van der Waals surface area contributed by atoms with Gasteiger partial charge in [-0.2, -0.15) is 0 Å². The highest BCUT2D eigenvalue weighted by molar-refractivity contribution is 5.69. The molecule has 6 atom stereocenters. The molecule has 9 heteroatoms. The highest BCUT2D eigenvalue weighted by Crippen LogP contribution is 2.31. The van der Waals surface area contributed by atoms with Gasteiger partial charge in [0.15, 0.2) is 0 Å². The summed E-state index contributed by atoms with van der Waals surface area (Å²) in [4.78, 5) is 21.3. The molecule has 0 heterocycles. The first-order valence-corrected chi connectivity index (χ1v) is 7.74. The minimum atomic E-state index is -1.09. The monoisotopic (exact) mass is 333 g/mol. The second-order valence-corrected chi connectivity index (χ2v) is 5.83. The smallest absolute Gasteiger partial charge is 0.317 e. The van der Waals surface area contributed by atoms with Crippen LogP contribution in [0.2, 0.25) is 0 Å². The number of aliphatic hydroxyl groups is 3. The molecule has 0 aromatic rings. The summed E-state index contributed by atoms with van der Waals surface area (Å²) in [5, 5.41) is 47.2. The van der Waals surface area contributed by atoms with Crippen LogP contribution in [0.3, 0.4) is 0 Å². The van der Waals surface area contributed by atoms with Crippen molar-refractivity contribution in [3.63, 3.8) is 0 Å². The molecule has 0 aliphatic heterocycles. The fourth-order valence-electron chi connectivity index (χ4n) is 3.17. The average Bonchev–Trinajstić information content (AvgIpc) is 2.50. The first-order chi connectivity index (χ1) is 10.9. The first kappa shape index (κ1) is 19.9. The molecule has 0 amide bonds. The molecule has 1 rings (SSSR count). The van der Waals surface area contributed by atoms with Crippen molar-refractivity contribution in [2.24, 2.45) is 11.8 Å². The van der Waals surface area contributed by atoms with Gasteiger partial charge in [0.2, 0.25) is 0 Å². The van der Waals surface area contributed by atoms with Crippen molar-refractivity contribution in [2.75, 3.05) is 32.8 Å². The number of nitrogens with one attached hydrogen (secondary N) is 3. The molecule has 7 N–H and O–H groups in total. The summed E-state index contributed by atoms with van der Waals surface area (Å²) in [6.45, 7) is 2.27. The summed E-state index contributed by atoms with van der Waals surface area (Å²) in [5.41, 5.74) is 0. The SMILES string of the molecule is CC1C(CNCCO)C(O)C(NCC(=O)O)C(O)C1NCC=O. The maximum atomic E-state index is 10.7. The molecular weight excluding hydrogens is 306 g/mol. The lowest BCUT2D eigenvalue weighted by atomic mass is 9.70. The van der Waals surface area contributed by atoms with Crippen molar-refractivity contribution in [1.82, 2.24) is 16.0 Å². The van der Waals surface area contributed by atoms with Crippen LogP contribution in [-0.2, 0) is 9.59 Å². The zero-order chi connectivity index (χ0) is 17.4. The van der Waals surface area contributed by atoms with Gasteiger partial charge in [0, 0.05) is 25.0 Å². The quantitative estimate of drug-likeness (QED) is 0.161. The fraction of sp³-hybridized carbons (Fsp3) is 0.857. The van der Waals surface area contributed by atoms with Gasteiger partial charge in [0.05, 0.1) is 37.9 Å². The number of carbonyl (C=O) groups is 2. The molecule has 1 fully saturated rings. The molecule has 0 saturated heterocycles.